The predicted octanol–water partition coefficient (Wildman–Crippen LogP) is 12.7. The standard InChI is InChI=1S/C32H42N4O4.C28H34N4O4.CH3I/c1-7-8-15-39-29(38)32(6)18-23(17-31(4,5)40-32)25-10-9-22(16-26(37)28-34-20-24(19-33)35-28)27(36-25)21-11-13-30(2,3)14-12-21;1-26(2)10-8-17(9-11-26)23-18(12-22(33)24-30-16-20(15-29)31-24)6-7-21(32-23)19-13-27(3,4)36-28(5,14-19)25(34)35;1-2/h9-11,20,23H,7-8,12-18H2,1-6H3,(H,34,35);6-8,16,19H,9-14H2,1-5H3,(H,30,31)(H,34,35);1H3. The van der Waals surface area contributed by atoms with Crippen LogP contribution < -0.4 is 0 Å². The highest BCUT2D eigenvalue weighted by atomic mass is 127. The van der Waals surface area contributed by atoms with E-state index < -0.39 is 28.4 Å². The second-order valence-electron chi connectivity index (χ2n) is 24.6. The zero-order valence-electron chi connectivity index (χ0n) is 47.7. The van der Waals surface area contributed by atoms with Crippen molar-refractivity contribution >= 4 is 57.2 Å². The maximum atomic E-state index is 13.1. The van der Waals surface area contributed by atoms with Gasteiger partial charge in [0.15, 0.2) is 22.9 Å². The van der Waals surface area contributed by atoms with Crippen molar-refractivity contribution in [2.75, 3.05) is 11.5 Å². The van der Waals surface area contributed by atoms with Gasteiger partial charge in [-0.15, -0.1) is 0 Å². The Morgan fingerprint density at radius 2 is 1.10 bits per heavy atom. The van der Waals surface area contributed by atoms with Gasteiger partial charge >= 0.3 is 11.9 Å². The maximum absolute atomic E-state index is 13.1. The number of aromatic nitrogens is 6. The molecule has 0 spiro atoms. The molecule has 2 aliphatic carbocycles. The van der Waals surface area contributed by atoms with E-state index >= 15 is 0 Å². The SMILES string of the molecule is CC1(C)CC=C(c2nc(C3CC(C)(C)OC(C)(C(=O)O)C3)ccc2CC(=O)c2ncc(C#N)[nH]2)CC1.CCCCOC(=O)C1(C)CC(c2ccc(CC(=O)c3ncc(C#N)[nH]3)c(C3=CCC(C)(C)CC3)n2)CC(C)(C)O1.CI. The number of pyridine rings is 2. The van der Waals surface area contributed by atoms with Crippen LogP contribution in [-0.4, -0.2) is 92.5 Å². The van der Waals surface area contributed by atoms with Crippen LogP contribution in [-0.2, 0) is 36.6 Å². The van der Waals surface area contributed by atoms with Crippen molar-refractivity contribution in [1.82, 2.24) is 29.9 Å². The minimum atomic E-state index is -1.30. The summed E-state index contributed by atoms with van der Waals surface area (Å²) in [6, 6.07) is 11.8. The summed E-state index contributed by atoms with van der Waals surface area (Å²) in [6.07, 6.45) is 17.0. The van der Waals surface area contributed by atoms with Gasteiger partial charge in [-0.3, -0.25) is 19.6 Å². The number of Topliss-reactive ketones (excluding diaryl/α,β-unsaturated/α-hetero) is 2. The van der Waals surface area contributed by atoms with Crippen LogP contribution in [0.15, 0.2) is 48.8 Å². The summed E-state index contributed by atoms with van der Waals surface area (Å²) < 4.78 is 17.9. The number of ether oxygens (including phenoxy) is 3. The number of carboxylic acids is 1. The molecule has 0 bridgehead atoms. The molecule has 0 amide bonds. The highest BCUT2D eigenvalue weighted by Crippen LogP contribution is 2.47. The average Bonchev–Trinajstić information content (AvgIpc) is 4.12. The van der Waals surface area contributed by atoms with Gasteiger partial charge in [0.1, 0.15) is 23.5 Å². The first kappa shape index (κ1) is 61.3. The van der Waals surface area contributed by atoms with Crippen molar-refractivity contribution in [2.24, 2.45) is 10.8 Å². The molecule has 17 heteroatoms. The van der Waals surface area contributed by atoms with Crippen LogP contribution in [0, 0.1) is 33.5 Å². The van der Waals surface area contributed by atoms with E-state index in [1.165, 1.54) is 12.4 Å². The lowest BCUT2D eigenvalue weighted by Crippen LogP contribution is -2.52. The molecule has 16 nitrogen and oxygen atoms in total. The maximum Gasteiger partial charge on any atom is 0.338 e. The molecule has 6 heterocycles. The topological polar surface area (TPSA) is 247 Å². The number of nitriles is 2. The number of allylic oxidation sites excluding steroid dienone is 4. The Morgan fingerprint density at radius 3 is 1.47 bits per heavy atom. The normalized spacial score (nSPS) is 23.7. The predicted molar refractivity (Wildman–Crippen MR) is 307 cm³/mol. The molecule has 78 heavy (non-hydrogen) atoms. The van der Waals surface area contributed by atoms with Gasteiger partial charge < -0.3 is 29.3 Å². The number of nitrogens with zero attached hydrogens (tertiary/aromatic N) is 6. The van der Waals surface area contributed by atoms with Crippen LogP contribution in [0.4, 0.5) is 0 Å². The molecule has 418 valence electrons. The number of nitrogens with one attached hydrogen (secondary N) is 2. The van der Waals surface area contributed by atoms with Crippen molar-refractivity contribution < 1.29 is 38.5 Å². The largest absolute Gasteiger partial charge is 0.479 e. The van der Waals surface area contributed by atoms with Crippen LogP contribution in [0.5, 0.6) is 0 Å². The monoisotopic (exact) mass is 1180 g/mol. The number of hydrogen-bond donors (Lipinski definition) is 3. The summed E-state index contributed by atoms with van der Waals surface area (Å²) >= 11 is 2.15. The fraction of sp³-hybridized carbons (Fsp3) is 0.574. The van der Waals surface area contributed by atoms with Crippen LogP contribution in [0.25, 0.3) is 11.1 Å². The van der Waals surface area contributed by atoms with Crippen molar-refractivity contribution in [3.8, 4) is 12.1 Å². The van der Waals surface area contributed by atoms with E-state index in [2.05, 4.69) is 89.3 Å². The van der Waals surface area contributed by atoms with Crippen molar-refractivity contribution in [3.05, 3.63) is 106 Å². The number of H-pyrrole nitrogens is 2. The highest BCUT2D eigenvalue weighted by Gasteiger charge is 2.50. The van der Waals surface area contributed by atoms with Crippen molar-refractivity contribution in [3.63, 3.8) is 0 Å². The Bertz CT molecular complexity index is 3010. The Labute approximate surface area is 474 Å². The molecular formula is C61H79IN8O8. The van der Waals surface area contributed by atoms with E-state index in [4.69, 9.17) is 34.7 Å². The molecule has 0 saturated carbocycles. The Kier molecular flexibility index (Phi) is 19.7. The van der Waals surface area contributed by atoms with E-state index in [1.54, 1.807) is 6.92 Å². The summed E-state index contributed by atoms with van der Waals surface area (Å²) in [4.78, 5) is 77.2. The number of esters is 1. The highest BCUT2D eigenvalue weighted by molar-refractivity contribution is 14.1. The quantitative estimate of drug-likeness (QED) is 0.0329. The number of rotatable bonds is 15. The third-order valence-electron chi connectivity index (χ3n) is 15.4. The number of halogens is 1. The summed E-state index contributed by atoms with van der Waals surface area (Å²) in [6.45, 7) is 22.8. The van der Waals surface area contributed by atoms with Gasteiger partial charge in [-0.25, -0.2) is 19.6 Å². The zero-order valence-corrected chi connectivity index (χ0v) is 49.9. The molecule has 4 aromatic heterocycles. The third kappa shape index (κ3) is 15.5. The van der Waals surface area contributed by atoms with Gasteiger partial charge in [-0.2, -0.15) is 10.5 Å². The lowest BCUT2D eigenvalue weighted by molar-refractivity contribution is -0.205. The van der Waals surface area contributed by atoms with Crippen LogP contribution >= 0.6 is 22.6 Å². The van der Waals surface area contributed by atoms with Gasteiger partial charge in [0.05, 0.1) is 41.6 Å². The minimum Gasteiger partial charge on any atom is -0.479 e. The first-order valence-electron chi connectivity index (χ1n) is 27.2. The molecule has 0 aromatic carbocycles. The smallest absolute Gasteiger partial charge is 0.338 e. The number of carbonyl (C=O) groups excluding carboxylic acids is 3. The third-order valence-corrected chi connectivity index (χ3v) is 15.4. The molecule has 2 saturated heterocycles. The molecule has 3 N–H and O–H groups in total. The van der Waals surface area contributed by atoms with Gasteiger partial charge in [0.25, 0.3) is 0 Å². The number of alkyl halides is 1. The Morgan fingerprint density at radius 1 is 0.679 bits per heavy atom. The van der Waals surface area contributed by atoms with E-state index in [9.17, 15) is 24.3 Å². The number of ketones is 2. The Balaban J connectivity index is 0.000000246. The van der Waals surface area contributed by atoms with E-state index in [0.717, 1.165) is 96.4 Å². The minimum absolute atomic E-state index is 0.0140. The second-order valence-corrected chi connectivity index (χ2v) is 24.6. The van der Waals surface area contributed by atoms with E-state index in [0.29, 0.717) is 32.3 Å². The number of aromatic amines is 2. The fourth-order valence-electron chi connectivity index (χ4n) is 11.2. The van der Waals surface area contributed by atoms with Gasteiger partial charge in [-0.1, -0.05) is 87.9 Å². The summed E-state index contributed by atoms with van der Waals surface area (Å²) in [7, 11) is 0. The van der Waals surface area contributed by atoms with Crippen LogP contribution in [0.1, 0.15) is 232 Å². The molecule has 8 rings (SSSR count). The average molecular weight is 1180 g/mol. The molecule has 4 unspecified atom stereocenters. The summed E-state index contributed by atoms with van der Waals surface area (Å²) in [5, 5.41) is 28.0. The van der Waals surface area contributed by atoms with Crippen molar-refractivity contribution in [2.45, 2.75) is 200 Å². The first-order chi connectivity index (χ1) is 36.7. The second kappa shape index (κ2) is 25.1. The van der Waals surface area contributed by atoms with Gasteiger partial charge in [0, 0.05) is 36.1 Å². The molecule has 0 radical (unpaired) electrons. The van der Waals surface area contributed by atoms with Gasteiger partial charge in [0.2, 0.25) is 11.6 Å². The van der Waals surface area contributed by atoms with Crippen molar-refractivity contribution in [1.29, 1.82) is 10.5 Å². The fourth-order valence-corrected chi connectivity index (χ4v) is 11.2. The molecule has 2 fully saturated rings. The van der Waals surface area contributed by atoms with Gasteiger partial charge in [-0.05, 0) is 162 Å². The number of imidazole rings is 2. The first-order valence-corrected chi connectivity index (χ1v) is 29.3. The molecule has 4 aliphatic rings. The summed E-state index contributed by atoms with van der Waals surface area (Å²) in [5.74, 6) is -1.48. The molecule has 4 aromatic rings. The number of unbranched alkanes of at least 4 members (excludes halogenated alkanes) is 1. The Hall–Kier alpha value is -5.89. The lowest BCUT2D eigenvalue weighted by Gasteiger charge is -2.45. The summed E-state index contributed by atoms with van der Waals surface area (Å²) in [5.41, 5.74) is 4.68. The van der Waals surface area contributed by atoms with Crippen LogP contribution in [0.2, 0.25) is 0 Å². The molecule has 4 atom stereocenters. The lowest BCUT2D eigenvalue weighted by atomic mass is 9.76. The number of carbonyl (C=O) groups is 4. The van der Waals surface area contributed by atoms with Crippen LogP contribution in [0.3, 0.4) is 0 Å². The van der Waals surface area contributed by atoms with E-state index in [1.807, 2.05) is 76.0 Å². The molecular weight excluding hydrogens is 1100 g/mol. The van der Waals surface area contributed by atoms with E-state index in [-0.39, 0.29) is 76.1 Å². The number of hydrogen-bond acceptors (Lipinski definition) is 13. The number of aliphatic carboxylic acids is 1. The number of carboxylic acid groups (broad SMARTS) is 1. The molecule has 2 aliphatic heterocycles. The zero-order chi connectivity index (χ0) is 57.4.